The fourth-order valence-electron chi connectivity index (χ4n) is 2.44. The molecule has 1 atom stereocenters. The summed E-state index contributed by atoms with van der Waals surface area (Å²) in [6, 6.07) is 7.03. The van der Waals surface area contributed by atoms with E-state index in [2.05, 4.69) is 11.4 Å². The Morgan fingerprint density at radius 1 is 0.955 bits per heavy atom. The van der Waals surface area contributed by atoms with Crippen LogP contribution in [0.4, 0.5) is 8.78 Å². The SMILES string of the molecule is Cc1cc(C)c([C@@H](C)NC(=O)c2ccc(F)c(F)c2)cc1C. The Morgan fingerprint density at radius 2 is 1.59 bits per heavy atom. The topological polar surface area (TPSA) is 29.1 Å². The molecule has 4 heteroatoms. The van der Waals surface area contributed by atoms with Gasteiger partial charge >= 0.3 is 0 Å². The van der Waals surface area contributed by atoms with Crippen molar-refractivity contribution in [3.05, 3.63) is 69.8 Å². The molecule has 0 aliphatic rings. The summed E-state index contributed by atoms with van der Waals surface area (Å²) in [4.78, 5) is 12.2. The summed E-state index contributed by atoms with van der Waals surface area (Å²) < 4.78 is 26.1. The van der Waals surface area contributed by atoms with Crippen LogP contribution in [0.3, 0.4) is 0 Å². The van der Waals surface area contributed by atoms with E-state index in [9.17, 15) is 13.6 Å². The zero-order valence-corrected chi connectivity index (χ0v) is 13.1. The first-order chi connectivity index (χ1) is 10.3. The lowest BCUT2D eigenvalue weighted by atomic mass is 9.96. The van der Waals surface area contributed by atoms with Crippen LogP contribution in [0.25, 0.3) is 0 Å². The molecular formula is C18H19F2NO. The van der Waals surface area contributed by atoms with Crippen molar-refractivity contribution >= 4 is 5.91 Å². The fraction of sp³-hybridized carbons (Fsp3) is 0.278. The molecule has 2 aromatic rings. The monoisotopic (exact) mass is 303 g/mol. The third kappa shape index (κ3) is 3.32. The first kappa shape index (κ1) is 16.1. The number of halogens is 2. The van der Waals surface area contributed by atoms with Crippen LogP contribution in [0, 0.1) is 32.4 Å². The number of hydrogen-bond donors (Lipinski definition) is 1. The summed E-state index contributed by atoms with van der Waals surface area (Å²) >= 11 is 0. The van der Waals surface area contributed by atoms with Crippen molar-refractivity contribution < 1.29 is 13.6 Å². The third-order valence-corrected chi connectivity index (χ3v) is 3.88. The maximum Gasteiger partial charge on any atom is 0.251 e. The average molecular weight is 303 g/mol. The van der Waals surface area contributed by atoms with Gasteiger partial charge in [0.1, 0.15) is 0 Å². The molecule has 1 amide bonds. The third-order valence-electron chi connectivity index (χ3n) is 3.88. The number of nitrogens with one attached hydrogen (secondary N) is 1. The van der Waals surface area contributed by atoms with E-state index >= 15 is 0 Å². The molecule has 0 aliphatic heterocycles. The van der Waals surface area contributed by atoms with E-state index in [0.717, 1.165) is 28.8 Å². The minimum absolute atomic E-state index is 0.104. The maximum atomic E-state index is 13.2. The summed E-state index contributed by atoms with van der Waals surface area (Å²) in [6.07, 6.45) is 0. The first-order valence-electron chi connectivity index (χ1n) is 7.13. The van der Waals surface area contributed by atoms with Gasteiger partial charge < -0.3 is 5.32 Å². The van der Waals surface area contributed by atoms with Gasteiger partial charge in [-0.25, -0.2) is 8.78 Å². The summed E-state index contributed by atoms with van der Waals surface area (Å²) in [5.74, 6) is -2.42. The Labute approximate surface area is 129 Å². The molecule has 0 heterocycles. The van der Waals surface area contributed by atoms with Crippen LogP contribution in [0.1, 0.15) is 45.6 Å². The van der Waals surface area contributed by atoms with E-state index in [1.165, 1.54) is 11.6 Å². The largest absolute Gasteiger partial charge is 0.346 e. The number of carbonyl (C=O) groups excluding carboxylic acids is 1. The van der Waals surface area contributed by atoms with Gasteiger partial charge in [0.15, 0.2) is 11.6 Å². The van der Waals surface area contributed by atoms with Gasteiger partial charge in [-0.3, -0.25) is 4.79 Å². The molecule has 0 unspecified atom stereocenters. The second-order valence-electron chi connectivity index (χ2n) is 5.62. The number of hydrogen-bond acceptors (Lipinski definition) is 1. The van der Waals surface area contributed by atoms with E-state index < -0.39 is 17.5 Å². The van der Waals surface area contributed by atoms with Crippen LogP contribution in [0.5, 0.6) is 0 Å². The predicted octanol–water partition coefficient (Wildman–Crippen LogP) is 4.38. The van der Waals surface area contributed by atoms with Crippen molar-refractivity contribution in [1.82, 2.24) is 5.32 Å². The van der Waals surface area contributed by atoms with Crippen molar-refractivity contribution in [1.29, 1.82) is 0 Å². The average Bonchev–Trinajstić information content (AvgIpc) is 2.45. The van der Waals surface area contributed by atoms with Gasteiger partial charge in [-0.05, 0) is 68.1 Å². The fourth-order valence-corrected chi connectivity index (χ4v) is 2.44. The van der Waals surface area contributed by atoms with Crippen molar-refractivity contribution in [2.75, 3.05) is 0 Å². The Morgan fingerprint density at radius 3 is 2.23 bits per heavy atom. The van der Waals surface area contributed by atoms with Crippen molar-refractivity contribution in [2.24, 2.45) is 0 Å². The van der Waals surface area contributed by atoms with Gasteiger partial charge in [0.2, 0.25) is 0 Å². The highest BCUT2D eigenvalue weighted by molar-refractivity contribution is 5.94. The van der Waals surface area contributed by atoms with Crippen molar-refractivity contribution in [3.63, 3.8) is 0 Å². The molecule has 0 radical (unpaired) electrons. The molecule has 22 heavy (non-hydrogen) atoms. The van der Waals surface area contributed by atoms with Gasteiger partial charge in [-0.2, -0.15) is 0 Å². The number of carbonyl (C=O) groups is 1. The number of amides is 1. The molecule has 0 spiro atoms. The molecule has 1 N–H and O–H groups in total. The minimum atomic E-state index is -1.03. The number of aryl methyl sites for hydroxylation is 3. The van der Waals surface area contributed by atoms with E-state index in [4.69, 9.17) is 0 Å². The standard InChI is InChI=1S/C18H19F2NO/c1-10-7-12(3)15(8-11(10)2)13(4)21-18(22)14-5-6-16(19)17(20)9-14/h5-9,13H,1-4H3,(H,21,22)/t13-/m1/s1. The van der Waals surface area contributed by atoms with E-state index in [-0.39, 0.29) is 11.6 Å². The Kier molecular flexibility index (Phi) is 4.59. The van der Waals surface area contributed by atoms with Crippen LogP contribution >= 0.6 is 0 Å². The molecule has 0 saturated heterocycles. The van der Waals surface area contributed by atoms with E-state index in [1.54, 1.807) is 0 Å². The Balaban J connectivity index is 2.21. The highest BCUT2D eigenvalue weighted by atomic mass is 19.2. The van der Waals surface area contributed by atoms with Gasteiger partial charge in [0.25, 0.3) is 5.91 Å². The van der Waals surface area contributed by atoms with Crippen molar-refractivity contribution in [3.8, 4) is 0 Å². The predicted molar refractivity (Wildman–Crippen MR) is 82.9 cm³/mol. The van der Waals surface area contributed by atoms with Crippen LogP contribution in [0.15, 0.2) is 30.3 Å². The van der Waals surface area contributed by atoms with E-state index in [0.29, 0.717) is 0 Å². The molecule has 2 nitrogen and oxygen atoms in total. The van der Waals surface area contributed by atoms with Gasteiger partial charge in [-0.1, -0.05) is 12.1 Å². The highest BCUT2D eigenvalue weighted by Crippen LogP contribution is 2.22. The summed E-state index contributed by atoms with van der Waals surface area (Å²) in [6.45, 7) is 7.91. The Bertz CT molecular complexity index is 725. The van der Waals surface area contributed by atoms with Gasteiger partial charge in [0.05, 0.1) is 6.04 Å². The van der Waals surface area contributed by atoms with E-state index in [1.807, 2.05) is 33.8 Å². The van der Waals surface area contributed by atoms with Gasteiger partial charge in [-0.15, -0.1) is 0 Å². The molecule has 116 valence electrons. The van der Waals surface area contributed by atoms with Crippen LogP contribution < -0.4 is 5.32 Å². The van der Waals surface area contributed by atoms with Crippen LogP contribution in [-0.2, 0) is 0 Å². The zero-order valence-electron chi connectivity index (χ0n) is 13.1. The quantitative estimate of drug-likeness (QED) is 0.895. The molecule has 0 fully saturated rings. The summed E-state index contributed by atoms with van der Waals surface area (Å²) in [7, 11) is 0. The smallest absolute Gasteiger partial charge is 0.251 e. The highest BCUT2D eigenvalue weighted by Gasteiger charge is 2.15. The lowest BCUT2D eigenvalue weighted by Gasteiger charge is -2.18. The molecule has 2 rings (SSSR count). The summed E-state index contributed by atoms with van der Waals surface area (Å²) in [5, 5.41) is 2.82. The zero-order chi connectivity index (χ0) is 16.4. The lowest BCUT2D eigenvalue weighted by molar-refractivity contribution is 0.0939. The van der Waals surface area contributed by atoms with Gasteiger partial charge in [0, 0.05) is 5.56 Å². The first-order valence-corrected chi connectivity index (χ1v) is 7.13. The van der Waals surface area contributed by atoms with Crippen molar-refractivity contribution in [2.45, 2.75) is 33.7 Å². The molecule has 0 aromatic heterocycles. The molecule has 0 saturated carbocycles. The molecule has 2 aromatic carbocycles. The Hall–Kier alpha value is -2.23. The van der Waals surface area contributed by atoms with Crippen LogP contribution in [-0.4, -0.2) is 5.91 Å². The maximum absolute atomic E-state index is 13.2. The number of rotatable bonds is 3. The second-order valence-corrected chi connectivity index (χ2v) is 5.62. The van der Waals surface area contributed by atoms with Crippen LogP contribution in [0.2, 0.25) is 0 Å². The molecular weight excluding hydrogens is 284 g/mol. The number of benzene rings is 2. The molecule has 0 bridgehead atoms. The minimum Gasteiger partial charge on any atom is -0.346 e. The lowest BCUT2D eigenvalue weighted by Crippen LogP contribution is -2.27. The molecule has 0 aliphatic carbocycles. The normalized spacial score (nSPS) is 12.1. The second kappa shape index (κ2) is 6.26. The summed E-state index contributed by atoms with van der Waals surface area (Å²) in [5.41, 5.74) is 4.54.